The standard InChI is InChI=1S/C15H14N2O2/c1-11-5-6-17(15(18)7-11)10-12-3-4-13(9-16)14(8-12)19-2/h3-8H,10H2,1-2H3. The van der Waals surface area contributed by atoms with Crippen LogP contribution in [0.1, 0.15) is 16.7 Å². The average molecular weight is 254 g/mol. The number of aryl methyl sites for hydroxylation is 1. The van der Waals surface area contributed by atoms with Crippen molar-refractivity contribution in [2.24, 2.45) is 0 Å². The molecule has 1 aromatic carbocycles. The number of nitriles is 1. The van der Waals surface area contributed by atoms with Crippen LogP contribution in [0, 0.1) is 18.3 Å². The van der Waals surface area contributed by atoms with Gasteiger partial charge in [0.25, 0.3) is 5.56 Å². The summed E-state index contributed by atoms with van der Waals surface area (Å²) in [4.78, 5) is 11.8. The molecule has 0 aliphatic rings. The molecule has 96 valence electrons. The first-order valence-electron chi connectivity index (χ1n) is 5.88. The molecule has 0 spiro atoms. The Bertz CT molecular complexity index is 696. The Morgan fingerprint density at radius 3 is 2.74 bits per heavy atom. The van der Waals surface area contributed by atoms with Crippen molar-refractivity contribution in [3.8, 4) is 11.8 Å². The summed E-state index contributed by atoms with van der Waals surface area (Å²) < 4.78 is 6.77. The first-order chi connectivity index (χ1) is 9.13. The van der Waals surface area contributed by atoms with Gasteiger partial charge in [-0.1, -0.05) is 6.07 Å². The highest BCUT2D eigenvalue weighted by atomic mass is 16.5. The van der Waals surface area contributed by atoms with Gasteiger partial charge in [0.2, 0.25) is 0 Å². The van der Waals surface area contributed by atoms with Crippen molar-refractivity contribution < 1.29 is 4.74 Å². The summed E-state index contributed by atoms with van der Waals surface area (Å²) in [5, 5.41) is 8.92. The molecular formula is C15H14N2O2. The third-order valence-electron chi connectivity index (χ3n) is 2.89. The Morgan fingerprint density at radius 2 is 2.11 bits per heavy atom. The minimum atomic E-state index is -0.0386. The molecule has 4 nitrogen and oxygen atoms in total. The number of aromatic nitrogens is 1. The highest BCUT2D eigenvalue weighted by Crippen LogP contribution is 2.19. The van der Waals surface area contributed by atoms with Gasteiger partial charge in [0.1, 0.15) is 11.8 Å². The van der Waals surface area contributed by atoms with E-state index in [1.54, 1.807) is 29.0 Å². The number of benzene rings is 1. The molecule has 4 heteroatoms. The van der Waals surface area contributed by atoms with Gasteiger partial charge in [-0.25, -0.2) is 0 Å². The molecule has 0 aliphatic carbocycles. The van der Waals surface area contributed by atoms with E-state index in [1.165, 1.54) is 7.11 Å². The van der Waals surface area contributed by atoms with Crippen LogP contribution < -0.4 is 10.3 Å². The van der Waals surface area contributed by atoms with Gasteiger partial charge in [-0.05, 0) is 36.2 Å². The van der Waals surface area contributed by atoms with Crippen LogP contribution in [0.2, 0.25) is 0 Å². The minimum absolute atomic E-state index is 0.0386. The highest BCUT2D eigenvalue weighted by molar-refractivity contribution is 5.45. The van der Waals surface area contributed by atoms with Crippen LogP contribution in [0.3, 0.4) is 0 Å². The van der Waals surface area contributed by atoms with Gasteiger partial charge in [0.15, 0.2) is 0 Å². The SMILES string of the molecule is COc1cc(Cn2ccc(C)cc2=O)ccc1C#N. The predicted octanol–water partition coefficient (Wildman–Crippen LogP) is 2.09. The lowest BCUT2D eigenvalue weighted by molar-refractivity contribution is 0.413. The molecule has 2 aromatic rings. The van der Waals surface area contributed by atoms with Gasteiger partial charge in [0, 0.05) is 12.3 Å². The lowest BCUT2D eigenvalue weighted by Gasteiger charge is -2.08. The van der Waals surface area contributed by atoms with Crippen LogP contribution >= 0.6 is 0 Å². The maximum Gasteiger partial charge on any atom is 0.251 e. The molecular weight excluding hydrogens is 240 g/mol. The molecule has 19 heavy (non-hydrogen) atoms. The topological polar surface area (TPSA) is 55.0 Å². The summed E-state index contributed by atoms with van der Waals surface area (Å²) in [5.74, 6) is 0.528. The molecule has 0 atom stereocenters. The Labute approximate surface area is 111 Å². The number of rotatable bonds is 3. The quantitative estimate of drug-likeness (QED) is 0.842. The predicted molar refractivity (Wildman–Crippen MR) is 72.3 cm³/mol. The molecule has 1 heterocycles. The van der Waals surface area contributed by atoms with Gasteiger partial charge in [-0.3, -0.25) is 4.79 Å². The van der Waals surface area contributed by atoms with Crippen LogP contribution in [0.5, 0.6) is 5.75 Å². The molecule has 0 saturated heterocycles. The van der Waals surface area contributed by atoms with E-state index in [9.17, 15) is 4.79 Å². The summed E-state index contributed by atoms with van der Waals surface area (Å²) in [6.45, 7) is 2.34. The Hall–Kier alpha value is -2.54. The lowest BCUT2D eigenvalue weighted by Crippen LogP contribution is -2.19. The zero-order valence-electron chi connectivity index (χ0n) is 10.9. The Balaban J connectivity index is 2.34. The average Bonchev–Trinajstić information content (AvgIpc) is 2.41. The summed E-state index contributed by atoms with van der Waals surface area (Å²) in [7, 11) is 1.53. The van der Waals surface area contributed by atoms with Crippen LogP contribution in [-0.4, -0.2) is 11.7 Å². The van der Waals surface area contributed by atoms with Crippen molar-refractivity contribution in [1.29, 1.82) is 5.26 Å². The van der Waals surface area contributed by atoms with Crippen molar-refractivity contribution in [3.05, 3.63) is 63.6 Å². The van der Waals surface area contributed by atoms with E-state index in [2.05, 4.69) is 6.07 Å². The van der Waals surface area contributed by atoms with Gasteiger partial charge >= 0.3 is 0 Å². The van der Waals surface area contributed by atoms with Gasteiger partial charge in [-0.15, -0.1) is 0 Å². The van der Waals surface area contributed by atoms with E-state index in [-0.39, 0.29) is 5.56 Å². The second-order valence-corrected chi connectivity index (χ2v) is 4.32. The van der Waals surface area contributed by atoms with Crippen LogP contribution in [0.25, 0.3) is 0 Å². The van der Waals surface area contributed by atoms with E-state index in [0.717, 1.165) is 11.1 Å². The zero-order valence-corrected chi connectivity index (χ0v) is 10.9. The summed E-state index contributed by atoms with van der Waals surface area (Å²) in [6.07, 6.45) is 1.77. The number of hydrogen-bond acceptors (Lipinski definition) is 3. The van der Waals surface area contributed by atoms with Crippen LogP contribution in [0.15, 0.2) is 41.3 Å². The van der Waals surface area contributed by atoms with Crippen LogP contribution in [-0.2, 0) is 6.54 Å². The lowest BCUT2D eigenvalue weighted by atomic mass is 10.1. The number of pyridine rings is 1. The largest absolute Gasteiger partial charge is 0.495 e. The van der Waals surface area contributed by atoms with Crippen LogP contribution in [0.4, 0.5) is 0 Å². The third kappa shape index (κ3) is 2.83. The van der Waals surface area contributed by atoms with Crippen molar-refractivity contribution in [1.82, 2.24) is 4.57 Å². The maximum absolute atomic E-state index is 11.8. The zero-order chi connectivity index (χ0) is 13.8. The molecule has 0 amide bonds. The van der Waals surface area contributed by atoms with E-state index < -0.39 is 0 Å². The normalized spacial score (nSPS) is 9.95. The second-order valence-electron chi connectivity index (χ2n) is 4.32. The third-order valence-corrected chi connectivity index (χ3v) is 2.89. The highest BCUT2D eigenvalue weighted by Gasteiger charge is 2.05. The second kappa shape index (κ2) is 5.40. The minimum Gasteiger partial charge on any atom is -0.495 e. The van der Waals surface area contributed by atoms with E-state index in [1.807, 2.05) is 19.1 Å². The van der Waals surface area contributed by atoms with Gasteiger partial charge in [-0.2, -0.15) is 5.26 Å². The number of nitrogens with zero attached hydrogens (tertiary/aromatic N) is 2. The van der Waals surface area contributed by atoms with Gasteiger partial charge < -0.3 is 9.30 Å². The van der Waals surface area contributed by atoms with Gasteiger partial charge in [0.05, 0.1) is 19.2 Å². The number of hydrogen-bond donors (Lipinski definition) is 0. The van der Waals surface area contributed by atoms with Crippen molar-refractivity contribution in [3.63, 3.8) is 0 Å². The Morgan fingerprint density at radius 1 is 1.32 bits per heavy atom. The molecule has 2 rings (SSSR count). The van der Waals surface area contributed by atoms with E-state index >= 15 is 0 Å². The fourth-order valence-corrected chi connectivity index (χ4v) is 1.86. The smallest absolute Gasteiger partial charge is 0.251 e. The molecule has 1 aromatic heterocycles. The molecule has 0 radical (unpaired) electrons. The van der Waals surface area contributed by atoms with E-state index in [4.69, 9.17) is 10.00 Å². The molecule has 0 aliphatic heterocycles. The summed E-state index contributed by atoms with van der Waals surface area (Å²) in [5.41, 5.74) is 2.31. The monoisotopic (exact) mass is 254 g/mol. The molecule has 0 fully saturated rings. The summed E-state index contributed by atoms with van der Waals surface area (Å²) in [6, 6.07) is 10.9. The number of ether oxygens (including phenoxy) is 1. The molecule has 0 saturated carbocycles. The first-order valence-corrected chi connectivity index (χ1v) is 5.88. The Kier molecular flexibility index (Phi) is 3.67. The fourth-order valence-electron chi connectivity index (χ4n) is 1.86. The van der Waals surface area contributed by atoms with Crippen molar-refractivity contribution in [2.75, 3.05) is 7.11 Å². The number of methoxy groups -OCH3 is 1. The van der Waals surface area contributed by atoms with E-state index in [0.29, 0.717) is 17.9 Å². The first kappa shape index (κ1) is 12.9. The molecule has 0 unspecified atom stereocenters. The fraction of sp³-hybridized carbons (Fsp3) is 0.200. The molecule has 0 bridgehead atoms. The van der Waals surface area contributed by atoms with Crippen molar-refractivity contribution >= 4 is 0 Å². The van der Waals surface area contributed by atoms with Crippen molar-refractivity contribution in [2.45, 2.75) is 13.5 Å². The maximum atomic E-state index is 11.8. The summed E-state index contributed by atoms with van der Waals surface area (Å²) >= 11 is 0. The molecule has 0 N–H and O–H groups in total.